The van der Waals surface area contributed by atoms with E-state index in [0.29, 0.717) is 23.2 Å². The predicted molar refractivity (Wildman–Crippen MR) is 254 cm³/mol. The van der Waals surface area contributed by atoms with Gasteiger partial charge in [-0.25, -0.2) is 31.2 Å². The zero-order chi connectivity index (χ0) is 55.7. The fraction of sp³-hybridized carbons (Fsp3) is 0.267. The highest BCUT2D eigenvalue weighted by Crippen LogP contribution is 2.45. The van der Waals surface area contributed by atoms with Gasteiger partial charge in [-0.15, -0.1) is 10.1 Å². The Balaban J connectivity index is 0.000000232. The second-order valence-corrected chi connectivity index (χ2v) is 22.9. The number of ether oxygens (including phenoxy) is 1. The molecule has 0 atom stereocenters. The fourth-order valence-electron chi connectivity index (χ4n) is 8.91. The number of rotatable bonds is 12. The lowest BCUT2D eigenvalue weighted by Gasteiger charge is -2.31. The van der Waals surface area contributed by atoms with Gasteiger partial charge in [0, 0.05) is 76.1 Å². The van der Waals surface area contributed by atoms with Crippen LogP contribution in [0.5, 0.6) is 5.75 Å². The van der Waals surface area contributed by atoms with Crippen molar-refractivity contribution >= 4 is 125 Å². The number of likely N-dealkylation sites (tertiary alicyclic amines) is 1. The van der Waals surface area contributed by atoms with Crippen LogP contribution >= 0.6 is 0 Å². The van der Waals surface area contributed by atoms with Gasteiger partial charge >= 0.3 is 17.6 Å². The summed E-state index contributed by atoms with van der Waals surface area (Å²) < 4.78 is 151. The van der Waals surface area contributed by atoms with Crippen molar-refractivity contribution in [2.75, 3.05) is 25.4 Å². The summed E-state index contributed by atoms with van der Waals surface area (Å²) in [5.74, 6) is -5.04. The summed E-state index contributed by atoms with van der Waals surface area (Å²) in [4.78, 5) is 93.0. The van der Waals surface area contributed by atoms with Crippen LogP contribution in [0.2, 0.25) is 0 Å². The standard InChI is InChI=1S/C28H24N2O15S3.C17H16N2O8S/c31-23-5-6-24(32)30(23)45-28(34)14-7-9-29(10-8-14)25(33)13-44-19-11-20(46(35,36)37)16-3-4-18-22(48(41,42)43)12-21(47(38,39)40)17-2-1-15(19)26(16)27(17)18;1-8-3-4-15(20)19(8)27-16(21)6-11-9(2)10-5-14(28(23,24)25)12(18)7-13(10)26-17(11)22/h1-4,11-12,14H,5-10,13H2,(H,35,36,37)(H,38,39,40)(H,41,42,43);5,7H,1,3-4,6,18H2,2H3,(H,23,24,25)/p-2. The van der Waals surface area contributed by atoms with Crippen LogP contribution in [-0.4, -0.2) is 122 Å². The molecule has 0 bridgehead atoms. The number of anilines is 1. The number of carbonyl (C=O) groups is 6. The van der Waals surface area contributed by atoms with E-state index in [0.717, 1.165) is 41.5 Å². The lowest BCUT2D eigenvalue weighted by atomic mass is 9.93. The molecule has 1 aromatic heterocycles. The number of fused-ring (bicyclic) bond motifs is 1. The number of nitrogen functional groups attached to an aromatic ring is 1. The molecule has 0 saturated carbocycles. The van der Waals surface area contributed by atoms with Gasteiger partial charge in [-0.3, -0.25) is 28.3 Å². The Morgan fingerprint density at radius 3 is 1.75 bits per heavy atom. The quantitative estimate of drug-likeness (QED) is 0.0518. The van der Waals surface area contributed by atoms with E-state index >= 15 is 0 Å². The van der Waals surface area contributed by atoms with E-state index in [1.165, 1.54) is 17.9 Å². The van der Waals surface area contributed by atoms with Crippen molar-refractivity contribution < 1.29 is 99.5 Å². The van der Waals surface area contributed by atoms with Gasteiger partial charge in [-0.2, -0.15) is 16.8 Å². The molecule has 27 nitrogen and oxygen atoms in total. The number of carbonyl (C=O) groups excluding carboxylic acids is 6. The number of nitrogens with zero attached hydrogens (tertiary/aromatic N) is 3. The van der Waals surface area contributed by atoms with Crippen LogP contribution in [0.15, 0.2) is 89.6 Å². The smallest absolute Gasteiger partial charge is 0.340 e. The first-order chi connectivity index (χ1) is 35.3. The number of benzene rings is 5. The Hall–Kier alpha value is -7.65. The fourth-order valence-corrected chi connectivity index (χ4v) is 11.7. The number of allylic oxidation sites excluding steroid dienone is 1. The van der Waals surface area contributed by atoms with Crippen LogP contribution in [0.4, 0.5) is 5.69 Å². The van der Waals surface area contributed by atoms with E-state index in [1.54, 1.807) is 0 Å². The third kappa shape index (κ3) is 10.6. The normalized spacial score (nSPS) is 16.0. The molecular formula is C45H38N4O23S4-2. The van der Waals surface area contributed by atoms with E-state index in [2.05, 4.69) is 6.58 Å². The molecule has 4 amide bonds. The Bertz CT molecular complexity index is 4010. The molecule has 0 aliphatic carbocycles. The highest BCUT2D eigenvalue weighted by molar-refractivity contribution is 7.87. The van der Waals surface area contributed by atoms with E-state index in [-0.39, 0.29) is 111 Å². The van der Waals surface area contributed by atoms with Crippen LogP contribution in [0, 0.1) is 12.8 Å². The summed E-state index contributed by atoms with van der Waals surface area (Å²) in [5, 5.41) is 0.0557. The van der Waals surface area contributed by atoms with Gasteiger partial charge in [0.2, 0.25) is 0 Å². The Morgan fingerprint density at radius 2 is 1.21 bits per heavy atom. The summed E-state index contributed by atoms with van der Waals surface area (Å²) in [7, 11) is -20.4. The molecule has 9 rings (SSSR count). The number of piperidine rings is 1. The number of hydrogen-bond acceptors (Lipinski definition) is 22. The number of imide groups is 1. The molecule has 4 N–H and O–H groups in total. The SMILES string of the molecule is C=C1CCC(=O)N1OC(=O)Cc1c(C)c2cc(S(=O)(=O)O)c(N)cc2oc1=O.O=C(ON1C(=O)CCC1=O)C1CCN(C(=O)COc2cc(S(=O)(=O)[O-])c3ccc4c(S(=O)(=O)O)cc(S(=O)(=O)[O-])c5ccc2c3c54)CC1. The molecule has 31 heteroatoms. The Labute approximate surface area is 428 Å². The van der Waals surface area contributed by atoms with Crippen molar-refractivity contribution in [1.29, 1.82) is 0 Å². The maximum absolute atomic E-state index is 13.1. The molecule has 6 aromatic rings. The number of nitrogens with two attached hydrogens (primary N) is 1. The van der Waals surface area contributed by atoms with E-state index < -0.39 is 120 Å². The van der Waals surface area contributed by atoms with Crippen LogP contribution in [0.25, 0.3) is 43.3 Å². The predicted octanol–water partition coefficient (Wildman–Crippen LogP) is 1.93. The minimum absolute atomic E-state index is 0.00684. The van der Waals surface area contributed by atoms with Crippen molar-refractivity contribution in [2.45, 2.75) is 71.5 Å². The summed E-state index contributed by atoms with van der Waals surface area (Å²) in [6.45, 7) is 4.49. The molecule has 0 spiro atoms. The summed E-state index contributed by atoms with van der Waals surface area (Å²) >= 11 is 0. The second-order valence-electron chi connectivity index (χ2n) is 17.4. The number of aryl methyl sites for hydroxylation is 1. The molecule has 3 aliphatic rings. The van der Waals surface area contributed by atoms with Gasteiger partial charge in [0.25, 0.3) is 43.9 Å². The van der Waals surface area contributed by atoms with Crippen LogP contribution in [-0.2, 0) is 85.3 Å². The Morgan fingerprint density at radius 1 is 0.697 bits per heavy atom. The minimum atomic E-state index is -5.36. The second kappa shape index (κ2) is 19.8. The third-order valence-corrected chi connectivity index (χ3v) is 16.2. The average molecular weight is 1130 g/mol. The summed E-state index contributed by atoms with van der Waals surface area (Å²) in [6.07, 6.45) is 0.126. The third-order valence-electron chi connectivity index (χ3n) is 12.6. The Kier molecular flexibility index (Phi) is 14.2. The average Bonchev–Trinajstić information content (AvgIpc) is 3.82. The number of amides is 4. The van der Waals surface area contributed by atoms with Crippen molar-refractivity contribution in [1.82, 2.24) is 15.0 Å². The highest BCUT2D eigenvalue weighted by atomic mass is 32.2. The molecule has 3 saturated heterocycles. The maximum Gasteiger partial charge on any atom is 0.340 e. The van der Waals surface area contributed by atoms with Crippen molar-refractivity contribution in [3.63, 3.8) is 0 Å². The minimum Gasteiger partial charge on any atom is -0.744 e. The molecule has 4 heterocycles. The monoisotopic (exact) mass is 1130 g/mol. The van der Waals surface area contributed by atoms with Gasteiger partial charge in [0.1, 0.15) is 41.4 Å². The van der Waals surface area contributed by atoms with Crippen molar-refractivity contribution in [2.24, 2.45) is 5.92 Å². The van der Waals surface area contributed by atoms with Gasteiger partial charge in [-0.1, -0.05) is 24.8 Å². The van der Waals surface area contributed by atoms with Crippen LogP contribution in [0.3, 0.4) is 0 Å². The first-order valence-corrected chi connectivity index (χ1v) is 27.8. The molecule has 0 radical (unpaired) electrons. The molecule has 0 unspecified atom stereocenters. The zero-order valence-corrected chi connectivity index (χ0v) is 42.3. The summed E-state index contributed by atoms with van der Waals surface area (Å²) in [6, 6.07) is 7.99. The van der Waals surface area contributed by atoms with Crippen LogP contribution < -0.4 is 16.1 Å². The molecule has 402 valence electrons. The first kappa shape index (κ1) is 54.6. The lowest BCUT2D eigenvalue weighted by molar-refractivity contribution is -0.201. The molecule has 5 aromatic carbocycles. The van der Waals surface area contributed by atoms with Gasteiger partial charge in [0.05, 0.1) is 39.1 Å². The van der Waals surface area contributed by atoms with Crippen molar-refractivity contribution in [3.8, 4) is 5.75 Å². The molecule has 3 fully saturated rings. The highest BCUT2D eigenvalue weighted by Gasteiger charge is 2.37. The largest absolute Gasteiger partial charge is 0.744 e. The number of hydroxylamine groups is 4. The van der Waals surface area contributed by atoms with Crippen molar-refractivity contribution in [3.05, 3.63) is 82.4 Å². The summed E-state index contributed by atoms with van der Waals surface area (Å²) in [5.41, 5.74) is 4.94. The molecule has 3 aliphatic heterocycles. The zero-order valence-electron chi connectivity index (χ0n) is 39.0. The topological polar surface area (TPSA) is 419 Å². The van der Waals surface area contributed by atoms with Gasteiger partial charge in [-0.05, 0) is 56.0 Å². The molecular weight excluding hydrogens is 1090 g/mol. The van der Waals surface area contributed by atoms with E-state index in [9.17, 15) is 85.4 Å². The number of hydrogen-bond donors (Lipinski definition) is 3. The van der Waals surface area contributed by atoms with Gasteiger partial charge in [0.15, 0.2) is 6.61 Å². The van der Waals surface area contributed by atoms with Gasteiger partial charge < -0.3 is 38.6 Å². The van der Waals surface area contributed by atoms with Crippen LogP contribution in [0.1, 0.15) is 49.7 Å². The molecule has 76 heavy (non-hydrogen) atoms. The first-order valence-electron chi connectivity index (χ1n) is 22.1. The van der Waals surface area contributed by atoms with E-state index in [1.807, 2.05) is 0 Å². The van der Waals surface area contributed by atoms with E-state index in [4.69, 9.17) is 24.6 Å². The maximum atomic E-state index is 13.1. The lowest BCUT2D eigenvalue weighted by Crippen LogP contribution is -2.44.